The Morgan fingerprint density at radius 1 is 1.39 bits per heavy atom. The summed E-state index contributed by atoms with van der Waals surface area (Å²) >= 11 is 0. The van der Waals surface area contributed by atoms with E-state index in [0.717, 1.165) is 18.5 Å². The lowest BCUT2D eigenvalue weighted by atomic mass is 10.1. The molecule has 0 saturated carbocycles. The lowest BCUT2D eigenvalue weighted by Crippen LogP contribution is -2.37. The molecular formula is C13H19ClN2O2. The van der Waals surface area contributed by atoms with E-state index in [1.54, 1.807) is 11.9 Å². The van der Waals surface area contributed by atoms with Crippen LogP contribution in [0.25, 0.3) is 0 Å². The summed E-state index contributed by atoms with van der Waals surface area (Å²) in [7, 11) is 1.77. The Morgan fingerprint density at radius 2 is 2.06 bits per heavy atom. The summed E-state index contributed by atoms with van der Waals surface area (Å²) in [5.41, 5.74) is 6.42. The van der Waals surface area contributed by atoms with E-state index in [9.17, 15) is 4.79 Å². The Balaban J connectivity index is 0.00000162. The van der Waals surface area contributed by atoms with Crippen molar-refractivity contribution >= 4 is 24.0 Å². The summed E-state index contributed by atoms with van der Waals surface area (Å²) in [5.74, 6) is 0.00662. The summed E-state index contributed by atoms with van der Waals surface area (Å²) in [5, 5.41) is 0. The second kappa shape index (κ2) is 6.73. The van der Waals surface area contributed by atoms with Gasteiger partial charge in [-0.3, -0.25) is 4.79 Å². The third kappa shape index (κ3) is 3.22. The first-order chi connectivity index (χ1) is 8.22. The van der Waals surface area contributed by atoms with Crippen LogP contribution >= 0.6 is 12.4 Å². The second-order valence-corrected chi connectivity index (χ2v) is 4.29. The van der Waals surface area contributed by atoms with E-state index in [-0.39, 0.29) is 30.5 Å². The van der Waals surface area contributed by atoms with Gasteiger partial charge in [0, 0.05) is 19.3 Å². The van der Waals surface area contributed by atoms with E-state index in [1.165, 1.54) is 0 Å². The van der Waals surface area contributed by atoms with Gasteiger partial charge in [0.05, 0.1) is 6.10 Å². The van der Waals surface area contributed by atoms with Gasteiger partial charge in [-0.25, -0.2) is 0 Å². The average Bonchev–Trinajstić information content (AvgIpc) is 2.87. The number of rotatable bonds is 3. The molecule has 0 aromatic heterocycles. The van der Waals surface area contributed by atoms with Crippen LogP contribution < -0.4 is 10.6 Å². The van der Waals surface area contributed by atoms with Crippen LogP contribution in [-0.2, 0) is 9.53 Å². The third-order valence-electron chi connectivity index (χ3n) is 3.12. The van der Waals surface area contributed by atoms with Crippen LogP contribution in [-0.4, -0.2) is 31.7 Å². The Labute approximate surface area is 114 Å². The molecule has 1 aromatic rings. The second-order valence-electron chi connectivity index (χ2n) is 4.29. The van der Waals surface area contributed by atoms with Gasteiger partial charge in [0.1, 0.15) is 6.10 Å². The molecule has 0 radical (unpaired) electrons. The van der Waals surface area contributed by atoms with Crippen LogP contribution in [0.1, 0.15) is 12.8 Å². The number of carbonyl (C=O) groups excluding carboxylic acids is 1. The van der Waals surface area contributed by atoms with Gasteiger partial charge in [-0.1, -0.05) is 18.2 Å². The van der Waals surface area contributed by atoms with Gasteiger partial charge in [-0.2, -0.15) is 0 Å². The fraction of sp³-hybridized carbons (Fsp3) is 0.462. The molecule has 0 spiro atoms. The van der Waals surface area contributed by atoms with E-state index < -0.39 is 0 Å². The molecule has 1 aliphatic rings. The van der Waals surface area contributed by atoms with Crippen LogP contribution in [0.2, 0.25) is 0 Å². The zero-order valence-corrected chi connectivity index (χ0v) is 11.2. The molecule has 5 heteroatoms. The van der Waals surface area contributed by atoms with Crippen molar-refractivity contribution in [2.24, 2.45) is 5.73 Å². The number of nitrogens with zero attached hydrogens (tertiary/aromatic N) is 1. The molecule has 1 saturated heterocycles. The van der Waals surface area contributed by atoms with E-state index in [0.29, 0.717) is 6.54 Å². The number of likely N-dealkylation sites (N-methyl/N-ethyl adjacent to an activating group) is 1. The van der Waals surface area contributed by atoms with Gasteiger partial charge >= 0.3 is 0 Å². The standard InChI is InChI=1S/C13H18N2O2.ClH/c1-15(10-5-3-2-4-6-10)13(16)12-8-7-11(9-14)17-12;/h2-6,11-12H,7-9,14H2,1H3;1H/t11-,12+;/m1./s1. The number of hydrogen-bond acceptors (Lipinski definition) is 3. The summed E-state index contributed by atoms with van der Waals surface area (Å²) in [6.07, 6.45) is 1.33. The highest BCUT2D eigenvalue weighted by Gasteiger charge is 2.32. The minimum atomic E-state index is -0.339. The van der Waals surface area contributed by atoms with Crippen molar-refractivity contribution in [3.8, 4) is 0 Å². The summed E-state index contributed by atoms with van der Waals surface area (Å²) < 4.78 is 5.60. The molecule has 1 heterocycles. The van der Waals surface area contributed by atoms with Gasteiger partial charge < -0.3 is 15.4 Å². The van der Waals surface area contributed by atoms with Crippen LogP contribution in [0, 0.1) is 0 Å². The fourth-order valence-electron chi connectivity index (χ4n) is 2.06. The first-order valence-electron chi connectivity index (χ1n) is 5.90. The molecule has 0 unspecified atom stereocenters. The third-order valence-corrected chi connectivity index (χ3v) is 3.12. The summed E-state index contributed by atoms with van der Waals surface area (Å²) in [6.45, 7) is 0.485. The average molecular weight is 271 g/mol. The number of benzene rings is 1. The Morgan fingerprint density at radius 3 is 2.61 bits per heavy atom. The molecule has 4 nitrogen and oxygen atoms in total. The number of ether oxygens (including phenoxy) is 1. The van der Waals surface area contributed by atoms with Crippen molar-refractivity contribution in [2.45, 2.75) is 25.0 Å². The van der Waals surface area contributed by atoms with E-state index in [4.69, 9.17) is 10.5 Å². The predicted octanol–water partition coefficient (Wildman–Crippen LogP) is 1.58. The van der Waals surface area contributed by atoms with Crippen molar-refractivity contribution in [1.29, 1.82) is 0 Å². The topological polar surface area (TPSA) is 55.6 Å². The lowest BCUT2D eigenvalue weighted by Gasteiger charge is -2.21. The fourth-order valence-corrected chi connectivity index (χ4v) is 2.06. The Hall–Kier alpha value is -1.10. The van der Waals surface area contributed by atoms with Gasteiger partial charge in [0.25, 0.3) is 5.91 Å². The molecule has 0 bridgehead atoms. The van der Waals surface area contributed by atoms with Gasteiger partial charge in [-0.15, -0.1) is 12.4 Å². The van der Waals surface area contributed by atoms with E-state index >= 15 is 0 Å². The van der Waals surface area contributed by atoms with Crippen molar-refractivity contribution in [3.05, 3.63) is 30.3 Å². The molecule has 1 aliphatic heterocycles. The van der Waals surface area contributed by atoms with Gasteiger partial charge in [0.2, 0.25) is 0 Å². The maximum Gasteiger partial charge on any atom is 0.255 e. The number of hydrogen-bond donors (Lipinski definition) is 1. The maximum absolute atomic E-state index is 12.2. The number of nitrogens with two attached hydrogens (primary N) is 1. The zero-order chi connectivity index (χ0) is 12.3. The molecule has 100 valence electrons. The van der Waals surface area contributed by atoms with Crippen LogP contribution in [0.4, 0.5) is 5.69 Å². The van der Waals surface area contributed by atoms with Crippen molar-refractivity contribution < 1.29 is 9.53 Å². The first-order valence-corrected chi connectivity index (χ1v) is 5.90. The quantitative estimate of drug-likeness (QED) is 0.907. The molecular weight excluding hydrogens is 252 g/mol. The van der Waals surface area contributed by atoms with E-state index in [1.807, 2.05) is 30.3 Å². The molecule has 2 rings (SSSR count). The highest BCUT2D eigenvalue weighted by molar-refractivity contribution is 5.96. The SMILES string of the molecule is CN(C(=O)[C@@H]1CC[C@H](CN)O1)c1ccccc1.Cl. The van der Waals surface area contributed by atoms with Crippen molar-refractivity contribution in [1.82, 2.24) is 0 Å². The van der Waals surface area contributed by atoms with Crippen LogP contribution in [0.15, 0.2) is 30.3 Å². The molecule has 2 N–H and O–H groups in total. The minimum Gasteiger partial charge on any atom is -0.364 e. The molecule has 1 amide bonds. The minimum absolute atomic E-state index is 0. The van der Waals surface area contributed by atoms with Gasteiger partial charge in [0.15, 0.2) is 0 Å². The van der Waals surface area contributed by atoms with Crippen LogP contribution in [0.3, 0.4) is 0 Å². The lowest BCUT2D eigenvalue weighted by molar-refractivity contribution is -0.128. The van der Waals surface area contributed by atoms with Crippen molar-refractivity contribution in [2.75, 3.05) is 18.5 Å². The molecule has 1 aromatic carbocycles. The maximum atomic E-state index is 12.2. The molecule has 2 atom stereocenters. The first kappa shape index (κ1) is 15.0. The highest BCUT2D eigenvalue weighted by atomic mass is 35.5. The summed E-state index contributed by atoms with van der Waals surface area (Å²) in [4.78, 5) is 13.8. The van der Waals surface area contributed by atoms with Crippen molar-refractivity contribution in [3.63, 3.8) is 0 Å². The highest BCUT2D eigenvalue weighted by Crippen LogP contribution is 2.22. The number of halogens is 1. The van der Waals surface area contributed by atoms with Crippen LogP contribution in [0.5, 0.6) is 0 Å². The smallest absolute Gasteiger partial charge is 0.255 e. The number of para-hydroxylation sites is 1. The number of amides is 1. The normalized spacial score (nSPS) is 22.3. The molecule has 18 heavy (non-hydrogen) atoms. The summed E-state index contributed by atoms with van der Waals surface area (Å²) in [6, 6.07) is 9.58. The Kier molecular flexibility index (Phi) is 5.59. The number of carbonyl (C=O) groups is 1. The number of anilines is 1. The zero-order valence-electron chi connectivity index (χ0n) is 10.4. The monoisotopic (exact) mass is 270 g/mol. The van der Waals surface area contributed by atoms with E-state index in [2.05, 4.69) is 0 Å². The predicted molar refractivity (Wildman–Crippen MR) is 74.0 cm³/mol. The Bertz CT molecular complexity index is 386. The van der Waals surface area contributed by atoms with Gasteiger partial charge in [-0.05, 0) is 25.0 Å². The largest absolute Gasteiger partial charge is 0.364 e. The molecule has 1 fully saturated rings. The molecule has 0 aliphatic carbocycles.